The normalized spacial score (nSPS) is 14.5. The van der Waals surface area contributed by atoms with Crippen LogP contribution in [0.5, 0.6) is 0 Å². The number of rotatable bonds is 9. The van der Waals surface area contributed by atoms with Crippen molar-refractivity contribution in [2.45, 2.75) is 83.7 Å². The Balaban J connectivity index is 1.52. The van der Waals surface area contributed by atoms with Gasteiger partial charge >= 0.3 is 12.1 Å². The predicted molar refractivity (Wildman–Crippen MR) is 149 cm³/mol. The number of hydrogen-bond donors (Lipinski definition) is 1. The zero-order valence-electron chi connectivity index (χ0n) is 23.6. The molecule has 1 fully saturated rings. The summed E-state index contributed by atoms with van der Waals surface area (Å²) in [5, 5.41) is 6.67. The summed E-state index contributed by atoms with van der Waals surface area (Å²) >= 11 is 0. The highest BCUT2D eigenvalue weighted by molar-refractivity contribution is 5.99. The number of alkyl halides is 3. The SMILES string of the molecule is CC(C)(C)OC(=O)CCNC(=O)c1cccnc1N(Cc1ccc(-n2cc(C(F)(F)F)cn2)cc1)C1CCCCC1. The van der Waals surface area contributed by atoms with E-state index in [-0.39, 0.29) is 30.9 Å². The molecular formula is C30H36F3N5O3. The summed E-state index contributed by atoms with van der Waals surface area (Å²) in [7, 11) is 0. The second kappa shape index (κ2) is 12.7. The summed E-state index contributed by atoms with van der Waals surface area (Å²) in [5.74, 6) is -0.159. The lowest BCUT2D eigenvalue weighted by Gasteiger charge is -2.36. The topological polar surface area (TPSA) is 89.3 Å². The molecule has 0 aliphatic heterocycles. The maximum absolute atomic E-state index is 13.2. The molecule has 0 atom stereocenters. The van der Waals surface area contributed by atoms with Gasteiger partial charge in [0.15, 0.2) is 0 Å². The number of amides is 1. The van der Waals surface area contributed by atoms with Crippen LogP contribution in [0.2, 0.25) is 0 Å². The van der Waals surface area contributed by atoms with Gasteiger partial charge in [-0.15, -0.1) is 0 Å². The van der Waals surface area contributed by atoms with E-state index >= 15 is 0 Å². The standard InChI is InChI=1S/C30H36F3N5O3/c1-29(2,3)41-26(39)15-17-35-28(40)25-10-7-16-34-27(25)37(23-8-5-4-6-9-23)19-21-11-13-24(14-12-21)38-20-22(18-36-38)30(31,32)33/h7,10-14,16,18,20,23H,4-6,8-9,15,17,19H2,1-3H3,(H,35,40). The largest absolute Gasteiger partial charge is 0.460 e. The van der Waals surface area contributed by atoms with Crippen molar-refractivity contribution < 1.29 is 27.5 Å². The zero-order chi connectivity index (χ0) is 29.6. The number of nitrogens with zero attached hydrogens (tertiary/aromatic N) is 4. The van der Waals surface area contributed by atoms with Gasteiger partial charge in [-0.2, -0.15) is 18.3 Å². The Labute approximate surface area is 237 Å². The molecular weight excluding hydrogens is 535 g/mol. The first-order valence-electron chi connectivity index (χ1n) is 13.8. The highest BCUT2D eigenvalue weighted by Crippen LogP contribution is 2.31. The van der Waals surface area contributed by atoms with E-state index in [4.69, 9.17) is 4.74 Å². The van der Waals surface area contributed by atoms with E-state index in [0.717, 1.165) is 50.1 Å². The first-order chi connectivity index (χ1) is 19.4. The van der Waals surface area contributed by atoms with Crippen LogP contribution in [-0.4, -0.2) is 44.8 Å². The molecule has 1 aliphatic rings. The minimum Gasteiger partial charge on any atom is -0.460 e. The molecule has 1 N–H and O–H groups in total. The van der Waals surface area contributed by atoms with Crippen molar-refractivity contribution >= 4 is 17.7 Å². The third-order valence-corrected chi connectivity index (χ3v) is 6.82. The monoisotopic (exact) mass is 571 g/mol. The lowest BCUT2D eigenvalue weighted by Crippen LogP contribution is -2.39. The van der Waals surface area contributed by atoms with Gasteiger partial charge in [0, 0.05) is 31.5 Å². The third kappa shape index (κ3) is 8.31. The van der Waals surface area contributed by atoms with Crippen LogP contribution in [0.3, 0.4) is 0 Å². The molecule has 1 aromatic carbocycles. The van der Waals surface area contributed by atoms with Crippen molar-refractivity contribution in [3.8, 4) is 5.69 Å². The highest BCUT2D eigenvalue weighted by atomic mass is 19.4. The maximum atomic E-state index is 13.2. The van der Waals surface area contributed by atoms with Crippen LogP contribution in [0, 0.1) is 0 Å². The molecule has 220 valence electrons. The molecule has 1 aliphatic carbocycles. The summed E-state index contributed by atoms with van der Waals surface area (Å²) < 4.78 is 45.5. The van der Waals surface area contributed by atoms with Gasteiger partial charge in [0.05, 0.1) is 29.4 Å². The van der Waals surface area contributed by atoms with E-state index in [1.54, 1.807) is 51.2 Å². The molecule has 0 bridgehead atoms. The third-order valence-electron chi connectivity index (χ3n) is 6.82. The minimum absolute atomic E-state index is 0.0536. The van der Waals surface area contributed by atoms with E-state index in [0.29, 0.717) is 23.6 Å². The van der Waals surface area contributed by atoms with E-state index < -0.39 is 17.3 Å². The molecule has 0 unspecified atom stereocenters. The quantitative estimate of drug-likeness (QED) is 0.313. The van der Waals surface area contributed by atoms with E-state index in [1.807, 2.05) is 12.1 Å². The van der Waals surface area contributed by atoms with Crippen LogP contribution in [-0.2, 0) is 22.3 Å². The molecule has 0 saturated heterocycles. The van der Waals surface area contributed by atoms with Crippen molar-refractivity contribution in [2.75, 3.05) is 11.4 Å². The highest BCUT2D eigenvalue weighted by Gasteiger charge is 2.32. The first kappa shape index (κ1) is 30.1. The number of benzene rings is 1. The number of esters is 1. The van der Waals surface area contributed by atoms with E-state index in [1.165, 1.54) is 4.68 Å². The molecule has 8 nitrogen and oxygen atoms in total. The number of aromatic nitrogens is 3. The molecule has 1 saturated carbocycles. The predicted octanol–water partition coefficient (Wildman–Crippen LogP) is 6.09. The van der Waals surface area contributed by atoms with Crippen LogP contribution in [0.25, 0.3) is 5.69 Å². The number of pyridine rings is 1. The molecule has 1 amide bonds. The maximum Gasteiger partial charge on any atom is 0.419 e. The van der Waals surface area contributed by atoms with Crippen molar-refractivity contribution in [3.63, 3.8) is 0 Å². The molecule has 2 heterocycles. The van der Waals surface area contributed by atoms with Crippen LogP contribution in [0.4, 0.5) is 19.0 Å². The van der Waals surface area contributed by atoms with Crippen molar-refractivity contribution in [1.82, 2.24) is 20.1 Å². The lowest BCUT2D eigenvalue weighted by molar-refractivity contribution is -0.154. The summed E-state index contributed by atoms with van der Waals surface area (Å²) in [5.41, 5.74) is 0.439. The Bertz CT molecular complexity index is 1330. The van der Waals surface area contributed by atoms with Crippen molar-refractivity contribution in [3.05, 3.63) is 71.7 Å². The lowest BCUT2D eigenvalue weighted by atomic mass is 9.93. The van der Waals surface area contributed by atoms with Gasteiger partial charge in [-0.3, -0.25) is 9.59 Å². The molecule has 41 heavy (non-hydrogen) atoms. The number of carbonyl (C=O) groups excluding carboxylic acids is 2. The first-order valence-corrected chi connectivity index (χ1v) is 13.8. The summed E-state index contributed by atoms with van der Waals surface area (Å²) in [4.78, 5) is 32.1. The van der Waals surface area contributed by atoms with Gasteiger partial charge in [0.2, 0.25) is 0 Å². The summed E-state index contributed by atoms with van der Waals surface area (Å²) in [6.07, 6.45) is 4.24. The summed E-state index contributed by atoms with van der Waals surface area (Å²) in [6.45, 7) is 5.98. The average molecular weight is 572 g/mol. The van der Waals surface area contributed by atoms with Crippen LogP contribution >= 0.6 is 0 Å². The Morgan fingerprint density at radius 2 is 1.78 bits per heavy atom. The molecule has 4 rings (SSSR count). The number of halogens is 3. The number of carbonyl (C=O) groups is 2. The molecule has 2 aromatic heterocycles. The fourth-order valence-electron chi connectivity index (χ4n) is 4.90. The zero-order valence-corrected chi connectivity index (χ0v) is 23.6. The van der Waals surface area contributed by atoms with Gasteiger partial charge in [0.25, 0.3) is 5.91 Å². The van der Waals surface area contributed by atoms with E-state index in [9.17, 15) is 22.8 Å². The van der Waals surface area contributed by atoms with Crippen LogP contribution in [0.1, 0.15) is 80.8 Å². The Morgan fingerprint density at radius 1 is 1.07 bits per heavy atom. The smallest absolute Gasteiger partial charge is 0.419 e. The minimum atomic E-state index is -4.46. The molecule has 11 heteroatoms. The second-order valence-electron chi connectivity index (χ2n) is 11.2. The van der Waals surface area contributed by atoms with Crippen LogP contribution < -0.4 is 10.2 Å². The van der Waals surface area contributed by atoms with Gasteiger partial charge < -0.3 is 15.0 Å². The molecule has 0 spiro atoms. The van der Waals surface area contributed by atoms with E-state index in [2.05, 4.69) is 20.3 Å². The Kier molecular flexibility index (Phi) is 9.35. The van der Waals surface area contributed by atoms with Crippen LogP contribution in [0.15, 0.2) is 55.0 Å². The Hall–Kier alpha value is -3.89. The Morgan fingerprint density at radius 3 is 2.41 bits per heavy atom. The molecule has 3 aromatic rings. The number of ether oxygens (including phenoxy) is 1. The summed E-state index contributed by atoms with van der Waals surface area (Å²) in [6, 6.07) is 10.8. The number of anilines is 1. The van der Waals surface area contributed by atoms with Gasteiger partial charge in [0.1, 0.15) is 11.4 Å². The second-order valence-corrected chi connectivity index (χ2v) is 11.2. The fourth-order valence-corrected chi connectivity index (χ4v) is 4.90. The number of hydrogen-bond acceptors (Lipinski definition) is 6. The van der Waals surface area contributed by atoms with Crippen molar-refractivity contribution in [2.24, 2.45) is 0 Å². The van der Waals surface area contributed by atoms with Gasteiger partial charge in [-0.1, -0.05) is 31.4 Å². The van der Waals surface area contributed by atoms with Crippen molar-refractivity contribution in [1.29, 1.82) is 0 Å². The fraction of sp³-hybridized carbons (Fsp3) is 0.467. The number of nitrogens with one attached hydrogen (secondary N) is 1. The average Bonchev–Trinajstić information content (AvgIpc) is 3.43. The van der Waals surface area contributed by atoms with Gasteiger partial charge in [-0.25, -0.2) is 9.67 Å². The molecule has 0 radical (unpaired) electrons. The van der Waals surface area contributed by atoms with Gasteiger partial charge in [-0.05, 0) is 63.4 Å².